The highest BCUT2D eigenvalue weighted by atomic mass is 19.1. The Labute approximate surface area is 167 Å². The SMILES string of the molecule is O=C(NC12CC3CC(CC(C3)C1)C2)c1c[nH]c(=O)n(Cc2ccccc2F)c1=O. The number of carbonyl (C=O) groups is 1. The zero-order valence-electron chi connectivity index (χ0n) is 16.1. The van der Waals surface area contributed by atoms with Gasteiger partial charge in [-0.15, -0.1) is 0 Å². The van der Waals surface area contributed by atoms with Crippen molar-refractivity contribution < 1.29 is 9.18 Å². The Morgan fingerprint density at radius 3 is 2.34 bits per heavy atom. The second-order valence-corrected chi connectivity index (χ2v) is 9.14. The van der Waals surface area contributed by atoms with Crippen molar-refractivity contribution in [3.05, 3.63) is 68.2 Å². The molecule has 0 unspecified atom stereocenters. The Bertz CT molecular complexity index is 1050. The zero-order chi connectivity index (χ0) is 20.2. The number of benzene rings is 1. The van der Waals surface area contributed by atoms with E-state index >= 15 is 0 Å². The molecule has 0 radical (unpaired) electrons. The Morgan fingerprint density at radius 1 is 1.10 bits per heavy atom. The van der Waals surface area contributed by atoms with Crippen molar-refractivity contribution in [2.24, 2.45) is 17.8 Å². The van der Waals surface area contributed by atoms with Gasteiger partial charge in [-0.1, -0.05) is 18.2 Å². The van der Waals surface area contributed by atoms with Gasteiger partial charge in [0.25, 0.3) is 11.5 Å². The highest BCUT2D eigenvalue weighted by molar-refractivity contribution is 5.94. The molecule has 4 bridgehead atoms. The monoisotopic (exact) mass is 397 g/mol. The van der Waals surface area contributed by atoms with E-state index in [-0.39, 0.29) is 23.2 Å². The highest BCUT2D eigenvalue weighted by Crippen LogP contribution is 2.55. The van der Waals surface area contributed by atoms with Crippen LogP contribution in [0, 0.1) is 23.6 Å². The maximum atomic E-state index is 14.0. The van der Waals surface area contributed by atoms with Crippen molar-refractivity contribution in [2.75, 3.05) is 0 Å². The van der Waals surface area contributed by atoms with E-state index in [1.54, 1.807) is 12.1 Å². The minimum Gasteiger partial charge on any atom is -0.346 e. The molecule has 0 aliphatic heterocycles. The lowest BCUT2D eigenvalue weighted by Gasteiger charge is -2.56. The second kappa shape index (κ2) is 6.68. The van der Waals surface area contributed by atoms with Gasteiger partial charge in [-0.3, -0.25) is 14.2 Å². The van der Waals surface area contributed by atoms with Gasteiger partial charge >= 0.3 is 5.69 Å². The van der Waals surface area contributed by atoms with Gasteiger partial charge in [-0.2, -0.15) is 0 Å². The number of hydrogen-bond donors (Lipinski definition) is 2. The lowest BCUT2D eigenvalue weighted by atomic mass is 9.53. The molecule has 7 heteroatoms. The fraction of sp³-hybridized carbons (Fsp3) is 0.500. The molecule has 4 aliphatic rings. The van der Waals surface area contributed by atoms with E-state index in [2.05, 4.69) is 10.3 Å². The van der Waals surface area contributed by atoms with Crippen LogP contribution in [0.3, 0.4) is 0 Å². The minimum atomic E-state index is -0.695. The van der Waals surface area contributed by atoms with E-state index in [0.29, 0.717) is 17.8 Å². The molecule has 6 rings (SSSR count). The zero-order valence-corrected chi connectivity index (χ0v) is 16.1. The normalized spacial score (nSPS) is 29.8. The van der Waals surface area contributed by atoms with Crippen LogP contribution in [0.15, 0.2) is 40.1 Å². The number of halogens is 1. The van der Waals surface area contributed by atoms with Crippen LogP contribution in [0.25, 0.3) is 0 Å². The second-order valence-electron chi connectivity index (χ2n) is 9.14. The predicted molar refractivity (Wildman–Crippen MR) is 105 cm³/mol. The molecule has 1 aromatic heterocycles. The number of rotatable bonds is 4. The molecular formula is C22H24FN3O3. The van der Waals surface area contributed by atoms with E-state index in [0.717, 1.165) is 23.8 Å². The Hall–Kier alpha value is -2.70. The van der Waals surface area contributed by atoms with E-state index in [1.165, 1.54) is 37.6 Å². The fourth-order valence-corrected chi connectivity index (χ4v) is 6.19. The van der Waals surface area contributed by atoms with Crippen LogP contribution < -0.4 is 16.6 Å². The largest absolute Gasteiger partial charge is 0.346 e. The van der Waals surface area contributed by atoms with Crippen molar-refractivity contribution in [2.45, 2.75) is 50.6 Å². The molecule has 1 aromatic carbocycles. The molecule has 0 saturated heterocycles. The fourth-order valence-electron chi connectivity index (χ4n) is 6.19. The van der Waals surface area contributed by atoms with Gasteiger partial charge in [0.15, 0.2) is 0 Å². The molecule has 29 heavy (non-hydrogen) atoms. The topological polar surface area (TPSA) is 84.0 Å². The van der Waals surface area contributed by atoms with Gasteiger partial charge in [0, 0.05) is 17.3 Å². The van der Waals surface area contributed by atoms with Crippen LogP contribution in [0.1, 0.15) is 54.4 Å². The molecule has 2 aromatic rings. The minimum absolute atomic E-state index is 0.100. The number of H-pyrrole nitrogens is 1. The number of aromatic amines is 1. The number of nitrogens with zero attached hydrogens (tertiary/aromatic N) is 1. The number of hydrogen-bond acceptors (Lipinski definition) is 3. The summed E-state index contributed by atoms with van der Waals surface area (Å²) in [6, 6.07) is 5.98. The van der Waals surface area contributed by atoms with Gasteiger partial charge in [-0.05, 0) is 62.3 Å². The average molecular weight is 397 g/mol. The molecule has 4 aliphatic carbocycles. The van der Waals surface area contributed by atoms with Crippen LogP contribution in [0.5, 0.6) is 0 Å². The molecule has 4 fully saturated rings. The van der Waals surface area contributed by atoms with Gasteiger partial charge < -0.3 is 10.3 Å². The van der Waals surface area contributed by atoms with Crippen molar-refractivity contribution >= 4 is 5.91 Å². The number of nitrogens with one attached hydrogen (secondary N) is 2. The van der Waals surface area contributed by atoms with Crippen molar-refractivity contribution in [1.82, 2.24) is 14.9 Å². The Kier molecular flexibility index (Phi) is 4.22. The third kappa shape index (κ3) is 3.22. The molecule has 0 atom stereocenters. The third-order valence-corrected chi connectivity index (χ3v) is 7.01. The van der Waals surface area contributed by atoms with Crippen LogP contribution in [0.4, 0.5) is 4.39 Å². The average Bonchev–Trinajstić information content (AvgIpc) is 2.65. The lowest BCUT2D eigenvalue weighted by molar-refractivity contribution is -0.0167. The van der Waals surface area contributed by atoms with Crippen molar-refractivity contribution in [3.63, 3.8) is 0 Å². The first-order chi connectivity index (χ1) is 13.9. The van der Waals surface area contributed by atoms with Crippen molar-refractivity contribution in [1.29, 1.82) is 0 Å². The first-order valence-corrected chi connectivity index (χ1v) is 10.3. The summed E-state index contributed by atoms with van der Waals surface area (Å²) >= 11 is 0. The number of carbonyl (C=O) groups excluding carboxylic acids is 1. The molecular weight excluding hydrogens is 373 g/mol. The molecule has 1 amide bonds. The first kappa shape index (κ1) is 18.3. The smallest absolute Gasteiger partial charge is 0.328 e. The summed E-state index contributed by atoms with van der Waals surface area (Å²) in [4.78, 5) is 40.6. The number of amides is 1. The van der Waals surface area contributed by atoms with Gasteiger partial charge in [-0.25, -0.2) is 9.18 Å². The Balaban J connectivity index is 1.43. The molecule has 1 heterocycles. The summed E-state index contributed by atoms with van der Waals surface area (Å²) in [5.41, 5.74) is -1.47. The van der Waals surface area contributed by atoms with Crippen LogP contribution >= 0.6 is 0 Å². The van der Waals surface area contributed by atoms with Crippen LogP contribution in [0.2, 0.25) is 0 Å². The Morgan fingerprint density at radius 2 is 1.72 bits per heavy atom. The van der Waals surface area contributed by atoms with Crippen LogP contribution in [-0.2, 0) is 6.54 Å². The summed E-state index contributed by atoms with van der Waals surface area (Å²) in [5.74, 6) is 1.04. The first-order valence-electron chi connectivity index (χ1n) is 10.3. The molecule has 0 spiro atoms. The van der Waals surface area contributed by atoms with E-state index < -0.39 is 23.0 Å². The van der Waals surface area contributed by atoms with E-state index in [4.69, 9.17) is 0 Å². The summed E-state index contributed by atoms with van der Waals surface area (Å²) in [7, 11) is 0. The summed E-state index contributed by atoms with van der Waals surface area (Å²) in [6.07, 6.45) is 7.85. The molecule has 2 N–H and O–H groups in total. The maximum Gasteiger partial charge on any atom is 0.328 e. The lowest BCUT2D eigenvalue weighted by Crippen LogP contribution is -2.60. The van der Waals surface area contributed by atoms with Crippen LogP contribution in [-0.4, -0.2) is 21.0 Å². The quantitative estimate of drug-likeness (QED) is 0.831. The summed E-state index contributed by atoms with van der Waals surface area (Å²) < 4.78 is 14.9. The molecule has 6 nitrogen and oxygen atoms in total. The maximum absolute atomic E-state index is 14.0. The highest BCUT2D eigenvalue weighted by Gasteiger charge is 2.51. The van der Waals surface area contributed by atoms with Gasteiger partial charge in [0.2, 0.25) is 0 Å². The third-order valence-electron chi connectivity index (χ3n) is 7.01. The van der Waals surface area contributed by atoms with Crippen molar-refractivity contribution in [3.8, 4) is 0 Å². The van der Waals surface area contributed by atoms with E-state index in [9.17, 15) is 18.8 Å². The van der Waals surface area contributed by atoms with E-state index in [1.807, 2.05) is 0 Å². The number of aromatic nitrogens is 2. The predicted octanol–water partition coefficient (Wildman–Crippen LogP) is 2.42. The molecule has 152 valence electrons. The summed E-state index contributed by atoms with van der Waals surface area (Å²) in [6.45, 7) is -0.223. The molecule has 4 saturated carbocycles. The standard InChI is InChI=1S/C22H24FN3O3/c23-18-4-2-1-3-16(18)12-26-20(28)17(11-24-21(26)29)19(27)25-22-8-13-5-14(9-22)7-15(6-13)10-22/h1-4,11,13-15H,5-10,12H2,(H,24,29)(H,25,27). The summed E-state index contributed by atoms with van der Waals surface area (Å²) in [5, 5.41) is 3.16. The van der Waals surface area contributed by atoms with Gasteiger partial charge in [0.05, 0.1) is 6.54 Å². The van der Waals surface area contributed by atoms with Gasteiger partial charge in [0.1, 0.15) is 11.4 Å².